The van der Waals surface area contributed by atoms with Crippen LogP contribution in [0.4, 0.5) is 0 Å². The van der Waals surface area contributed by atoms with Crippen molar-refractivity contribution in [3.05, 3.63) is 11.6 Å². The fourth-order valence-corrected chi connectivity index (χ4v) is 8.90. The van der Waals surface area contributed by atoms with Crippen LogP contribution in [0, 0.1) is 34.5 Å². The van der Waals surface area contributed by atoms with Gasteiger partial charge < -0.3 is 14.9 Å². The average Bonchev–Trinajstić information content (AvgIpc) is 3.41. The molecule has 0 amide bonds. The van der Waals surface area contributed by atoms with E-state index in [2.05, 4.69) is 6.92 Å². The molecular formula is C27H38O6. The van der Waals surface area contributed by atoms with Crippen LogP contribution in [0.3, 0.4) is 0 Å². The van der Waals surface area contributed by atoms with Gasteiger partial charge in [0.1, 0.15) is 6.61 Å². The van der Waals surface area contributed by atoms with Gasteiger partial charge in [-0.15, -0.1) is 0 Å². The van der Waals surface area contributed by atoms with Gasteiger partial charge in [-0.05, 0) is 80.6 Å². The van der Waals surface area contributed by atoms with Crippen molar-refractivity contribution in [2.45, 2.75) is 96.2 Å². The lowest BCUT2D eigenvalue weighted by atomic mass is 9.45. The van der Waals surface area contributed by atoms with E-state index < -0.39 is 29.5 Å². The van der Waals surface area contributed by atoms with E-state index in [4.69, 9.17) is 4.74 Å². The van der Waals surface area contributed by atoms with E-state index in [0.717, 1.165) is 51.4 Å². The number of Topliss-reactive ketones (excluding diaryl/α,β-unsaturated/α-hetero) is 1. The van der Waals surface area contributed by atoms with Crippen molar-refractivity contribution in [2.24, 2.45) is 34.5 Å². The molecule has 0 saturated heterocycles. The van der Waals surface area contributed by atoms with Gasteiger partial charge in [0.15, 0.2) is 11.4 Å². The fraction of sp³-hybridized carbons (Fsp3) is 0.815. The largest absolute Gasteiger partial charge is 0.450 e. The predicted octanol–water partition coefficient (Wildman–Crippen LogP) is 3.52. The van der Waals surface area contributed by atoms with Gasteiger partial charge in [0.05, 0.1) is 12.0 Å². The summed E-state index contributed by atoms with van der Waals surface area (Å²) in [6.45, 7) is 3.56. The SMILES string of the molecule is C[C@]12CCC(=O)C=C1CC[C@@H]1[C@@H]2[C@@H](O)C[C@@]2(C)[C@H]1CC[C@@]2(OC(=O)C1CCCC1)C(=O)CO. The minimum absolute atomic E-state index is 0.0363. The number of allylic oxidation sites excluding steroid dienone is 1. The lowest BCUT2D eigenvalue weighted by Crippen LogP contribution is -2.63. The Bertz CT molecular complexity index is 887. The first-order chi connectivity index (χ1) is 15.7. The minimum Gasteiger partial charge on any atom is -0.450 e. The Morgan fingerprint density at radius 1 is 1.09 bits per heavy atom. The molecule has 7 atom stereocenters. The van der Waals surface area contributed by atoms with Crippen LogP contribution in [-0.4, -0.2) is 46.1 Å². The summed E-state index contributed by atoms with van der Waals surface area (Å²) in [6, 6.07) is 0. The molecule has 182 valence electrons. The van der Waals surface area contributed by atoms with Crippen LogP contribution in [0.2, 0.25) is 0 Å². The summed E-state index contributed by atoms with van der Waals surface area (Å²) in [4.78, 5) is 38.5. The van der Waals surface area contributed by atoms with Gasteiger partial charge in [0, 0.05) is 11.8 Å². The second-order valence-corrected chi connectivity index (χ2v) is 11.9. The zero-order valence-electron chi connectivity index (χ0n) is 20.0. The lowest BCUT2D eigenvalue weighted by molar-refractivity contribution is -0.204. The fourth-order valence-electron chi connectivity index (χ4n) is 8.90. The van der Waals surface area contributed by atoms with Crippen molar-refractivity contribution < 1.29 is 29.3 Å². The summed E-state index contributed by atoms with van der Waals surface area (Å²) in [5, 5.41) is 21.5. The van der Waals surface area contributed by atoms with Crippen LogP contribution >= 0.6 is 0 Å². The van der Waals surface area contributed by atoms with E-state index in [1.165, 1.54) is 5.57 Å². The maximum absolute atomic E-state index is 13.3. The van der Waals surface area contributed by atoms with Gasteiger partial charge in [-0.25, -0.2) is 0 Å². The molecule has 0 spiro atoms. The Morgan fingerprint density at radius 3 is 2.52 bits per heavy atom. The molecule has 4 saturated carbocycles. The third-order valence-electron chi connectivity index (χ3n) is 10.6. The topological polar surface area (TPSA) is 101 Å². The summed E-state index contributed by atoms with van der Waals surface area (Å²) in [7, 11) is 0. The number of aliphatic hydroxyl groups excluding tert-OH is 2. The zero-order valence-corrected chi connectivity index (χ0v) is 20.0. The smallest absolute Gasteiger partial charge is 0.309 e. The first kappa shape index (κ1) is 23.2. The number of esters is 1. The molecule has 0 aliphatic heterocycles. The quantitative estimate of drug-likeness (QED) is 0.625. The van der Waals surface area contributed by atoms with E-state index in [1.807, 2.05) is 13.0 Å². The molecule has 4 fully saturated rings. The van der Waals surface area contributed by atoms with Crippen molar-refractivity contribution in [2.75, 3.05) is 6.61 Å². The van der Waals surface area contributed by atoms with Gasteiger partial charge in [0.25, 0.3) is 0 Å². The van der Waals surface area contributed by atoms with Gasteiger partial charge in [0.2, 0.25) is 5.78 Å². The number of ether oxygens (including phenoxy) is 1. The minimum atomic E-state index is -1.36. The highest BCUT2D eigenvalue weighted by molar-refractivity contribution is 5.93. The van der Waals surface area contributed by atoms with Crippen LogP contribution in [-0.2, 0) is 19.1 Å². The van der Waals surface area contributed by atoms with Gasteiger partial charge >= 0.3 is 5.97 Å². The van der Waals surface area contributed by atoms with Gasteiger partial charge in [-0.1, -0.05) is 32.3 Å². The molecule has 6 heteroatoms. The van der Waals surface area contributed by atoms with Crippen molar-refractivity contribution in [3.63, 3.8) is 0 Å². The van der Waals surface area contributed by atoms with Crippen LogP contribution in [0.1, 0.15) is 84.5 Å². The molecule has 33 heavy (non-hydrogen) atoms. The van der Waals surface area contributed by atoms with Crippen LogP contribution in [0.15, 0.2) is 11.6 Å². The monoisotopic (exact) mass is 458 g/mol. The maximum atomic E-state index is 13.3. The molecule has 0 aromatic carbocycles. The van der Waals surface area contributed by atoms with Crippen molar-refractivity contribution in [1.29, 1.82) is 0 Å². The van der Waals surface area contributed by atoms with Crippen LogP contribution < -0.4 is 0 Å². The summed E-state index contributed by atoms with van der Waals surface area (Å²) in [6.07, 6.45) is 9.29. The predicted molar refractivity (Wildman–Crippen MR) is 121 cm³/mol. The van der Waals surface area contributed by atoms with E-state index in [9.17, 15) is 24.6 Å². The number of ketones is 2. The Balaban J connectivity index is 1.50. The average molecular weight is 459 g/mol. The lowest BCUT2D eigenvalue weighted by Gasteiger charge is -2.60. The van der Waals surface area contributed by atoms with Crippen LogP contribution in [0.25, 0.3) is 0 Å². The second kappa shape index (κ2) is 8.01. The molecule has 2 N–H and O–H groups in total. The molecule has 5 rings (SSSR count). The molecule has 5 aliphatic rings. The standard InChI is InChI=1S/C27H38O6/c1-25-11-9-18(29)13-17(25)7-8-19-20-10-12-27(22(31)15-28,26(20,2)14-21(30)23(19)25)33-24(32)16-5-3-4-6-16/h13,16,19-21,23,28,30H,3-12,14-15H2,1-2H3/t19-,20-,21-,23+,25-,26-,27+/m0/s1. The third kappa shape index (κ3) is 3.23. The zero-order chi connectivity index (χ0) is 23.6. The summed E-state index contributed by atoms with van der Waals surface area (Å²) in [5.74, 6) is -0.341. The Hall–Kier alpha value is -1.53. The number of hydrogen-bond donors (Lipinski definition) is 2. The van der Waals surface area contributed by atoms with E-state index in [1.54, 1.807) is 0 Å². The molecule has 0 heterocycles. The molecule has 0 aromatic heterocycles. The normalized spacial score (nSPS) is 45.1. The number of fused-ring (bicyclic) bond motifs is 5. The van der Waals surface area contributed by atoms with Gasteiger partial charge in [-0.2, -0.15) is 0 Å². The molecule has 0 unspecified atom stereocenters. The van der Waals surface area contributed by atoms with Crippen LogP contribution in [0.5, 0.6) is 0 Å². The summed E-state index contributed by atoms with van der Waals surface area (Å²) >= 11 is 0. The van der Waals surface area contributed by atoms with Crippen molar-refractivity contribution >= 4 is 17.5 Å². The first-order valence-corrected chi connectivity index (χ1v) is 13.0. The van der Waals surface area contributed by atoms with E-state index in [0.29, 0.717) is 19.3 Å². The number of carbonyl (C=O) groups excluding carboxylic acids is 3. The number of aliphatic hydroxyl groups is 2. The Labute approximate surface area is 196 Å². The molecular weight excluding hydrogens is 420 g/mol. The van der Waals surface area contributed by atoms with E-state index >= 15 is 0 Å². The molecule has 0 bridgehead atoms. The maximum Gasteiger partial charge on any atom is 0.309 e. The first-order valence-electron chi connectivity index (χ1n) is 13.0. The highest BCUT2D eigenvalue weighted by Gasteiger charge is 2.70. The highest BCUT2D eigenvalue weighted by Crippen LogP contribution is 2.68. The van der Waals surface area contributed by atoms with E-state index in [-0.39, 0.29) is 40.8 Å². The number of rotatable bonds is 4. The Morgan fingerprint density at radius 2 is 1.82 bits per heavy atom. The van der Waals surface area contributed by atoms with Crippen molar-refractivity contribution in [3.8, 4) is 0 Å². The molecule has 6 nitrogen and oxygen atoms in total. The molecule has 0 aromatic rings. The molecule has 5 aliphatic carbocycles. The highest BCUT2D eigenvalue weighted by atomic mass is 16.6. The summed E-state index contributed by atoms with van der Waals surface area (Å²) < 4.78 is 6.17. The third-order valence-corrected chi connectivity index (χ3v) is 10.6. The number of hydrogen-bond acceptors (Lipinski definition) is 6. The number of carbonyl (C=O) groups is 3. The van der Waals surface area contributed by atoms with Gasteiger partial charge in [-0.3, -0.25) is 14.4 Å². The second-order valence-electron chi connectivity index (χ2n) is 11.9. The molecule has 0 radical (unpaired) electrons. The summed E-state index contributed by atoms with van der Waals surface area (Å²) in [5.41, 5.74) is -1.10. The van der Waals surface area contributed by atoms with Crippen molar-refractivity contribution in [1.82, 2.24) is 0 Å². The Kier molecular flexibility index (Phi) is 5.64.